The monoisotopic (exact) mass is 405 g/mol. The number of anilines is 1. The molecule has 2 aromatic rings. The van der Waals surface area contributed by atoms with Gasteiger partial charge in [-0.25, -0.2) is 4.39 Å². The lowest BCUT2D eigenvalue weighted by atomic mass is 10.1. The Labute approximate surface area is 167 Å². The molecule has 2 nitrogen and oxygen atoms in total. The molecular formula is C20H17ClFNOS2. The molecule has 1 fully saturated rings. The van der Waals surface area contributed by atoms with Crippen molar-refractivity contribution in [1.82, 2.24) is 0 Å². The zero-order valence-corrected chi connectivity index (χ0v) is 16.6. The lowest BCUT2D eigenvalue weighted by Gasteiger charge is -2.15. The molecule has 0 aromatic heterocycles. The van der Waals surface area contributed by atoms with Gasteiger partial charge in [-0.15, -0.1) is 0 Å². The summed E-state index contributed by atoms with van der Waals surface area (Å²) in [6.07, 6.45) is 4.75. The fourth-order valence-corrected chi connectivity index (χ4v) is 4.16. The molecule has 134 valence electrons. The number of amides is 1. The van der Waals surface area contributed by atoms with Gasteiger partial charge in [0, 0.05) is 5.56 Å². The van der Waals surface area contributed by atoms with Crippen LogP contribution in [-0.2, 0) is 11.2 Å². The number of carbonyl (C=O) groups is 1. The number of nitrogens with zero attached hydrogens (tertiary/aromatic N) is 1. The maximum absolute atomic E-state index is 14.0. The van der Waals surface area contributed by atoms with Crippen LogP contribution in [0.4, 0.5) is 10.1 Å². The lowest BCUT2D eigenvalue weighted by Crippen LogP contribution is -2.27. The van der Waals surface area contributed by atoms with Gasteiger partial charge >= 0.3 is 0 Å². The summed E-state index contributed by atoms with van der Waals surface area (Å²) in [5.41, 5.74) is 2.15. The van der Waals surface area contributed by atoms with E-state index in [2.05, 4.69) is 6.92 Å². The molecule has 0 unspecified atom stereocenters. The van der Waals surface area contributed by atoms with E-state index in [0.29, 0.717) is 9.23 Å². The van der Waals surface area contributed by atoms with Crippen molar-refractivity contribution < 1.29 is 9.18 Å². The van der Waals surface area contributed by atoms with E-state index in [4.69, 9.17) is 23.8 Å². The minimum atomic E-state index is -0.469. The third-order valence-electron chi connectivity index (χ3n) is 4.08. The van der Waals surface area contributed by atoms with Crippen LogP contribution in [0.1, 0.15) is 30.9 Å². The Morgan fingerprint density at radius 2 is 1.96 bits per heavy atom. The number of thioether (sulfide) groups is 1. The van der Waals surface area contributed by atoms with Crippen molar-refractivity contribution in [3.05, 3.63) is 69.3 Å². The number of aryl methyl sites for hydroxylation is 1. The van der Waals surface area contributed by atoms with Crippen LogP contribution >= 0.6 is 35.6 Å². The molecule has 0 bridgehead atoms. The molecule has 0 spiro atoms. The minimum Gasteiger partial charge on any atom is -0.268 e. The van der Waals surface area contributed by atoms with Crippen LogP contribution in [0.2, 0.25) is 5.02 Å². The second-order valence-electron chi connectivity index (χ2n) is 5.92. The Morgan fingerprint density at radius 1 is 1.23 bits per heavy atom. The van der Waals surface area contributed by atoms with Gasteiger partial charge in [0.05, 0.1) is 15.6 Å². The SMILES string of the molecule is CCCCc1ccc(N2C(=O)C(=Cc3c(F)cccc3Cl)SC2=S)cc1. The predicted molar refractivity (Wildman–Crippen MR) is 112 cm³/mol. The highest BCUT2D eigenvalue weighted by molar-refractivity contribution is 8.27. The molecule has 1 aliphatic rings. The molecule has 2 aromatic carbocycles. The van der Waals surface area contributed by atoms with E-state index in [-0.39, 0.29) is 16.5 Å². The maximum Gasteiger partial charge on any atom is 0.270 e. The summed E-state index contributed by atoms with van der Waals surface area (Å²) in [6, 6.07) is 12.3. The van der Waals surface area contributed by atoms with Crippen LogP contribution < -0.4 is 4.90 Å². The first-order valence-corrected chi connectivity index (χ1v) is 9.92. The first kappa shape index (κ1) is 19.1. The summed E-state index contributed by atoms with van der Waals surface area (Å²) in [6.45, 7) is 2.16. The molecule has 1 aliphatic heterocycles. The standard InChI is InChI=1S/C20H17ClFNOS2/c1-2-3-5-13-8-10-14(11-9-13)23-19(24)18(26-20(23)25)12-15-16(21)6-4-7-17(15)22/h4,6-12H,2-3,5H2,1H3. The van der Waals surface area contributed by atoms with Gasteiger partial charge in [0.2, 0.25) is 0 Å². The van der Waals surface area contributed by atoms with Gasteiger partial charge in [-0.3, -0.25) is 9.69 Å². The van der Waals surface area contributed by atoms with Crippen molar-refractivity contribution in [2.75, 3.05) is 4.90 Å². The number of thiocarbonyl (C=S) groups is 1. The Hall–Kier alpha value is -1.69. The maximum atomic E-state index is 14.0. The summed E-state index contributed by atoms with van der Waals surface area (Å²) in [5, 5.41) is 0.260. The van der Waals surface area contributed by atoms with E-state index in [9.17, 15) is 9.18 Å². The first-order chi connectivity index (χ1) is 12.5. The average molecular weight is 406 g/mol. The molecular weight excluding hydrogens is 389 g/mol. The van der Waals surface area contributed by atoms with E-state index in [0.717, 1.165) is 36.7 Å². The van der Waals surface area contributed by atoms with Gasteiger partial charge in [0.25, 0.3) is 5.91 Å². The second kappa shape index (κ2) is 8.33. The topological polar surface area (TPSA) is 20.3 Å². The quantitative estimate of drug-likeness (QED) is 0.434. The molecule has 0 radical (unpaired) electrons. The summed E-state index contributed by atoms with van der Waals surface area (Å²) in [4.78, 5) is 14.6. The Balaban J connectivity index is 1.86. The van der Waals surface area contributed by atoms with Crippen molar-refractivity contribution in [2.45, 2.75) is 26.2 Å². The smallest absolute Gasteiger partial charge is 0.268 e. The summed E-state index contributed by atoms with van der Waals surface area (Å²) < 4.78 is 14.4. The fraction of sp³-hybridized carbons (Fsp3) is 0.200. The van der Waals surface area contributed by atoms with Crippen LogP contribution in [-0.4, -0.2) is 10.2 Å². The lowest BCUT2D eigenvalue weighted by molar-refractivity contribution is -0.113. The normalized spacial score (nSPS) is 16.0. The molecule has 6 heteroatoms. The van der Waals surface area contributed by atoms with Crippen LogP contribution in [0.15, 0.2) is 47.4 Å². The second-order valence-corrected chi connectivity index (χ2v) is 8.01. The van der Waals surface area contributed by atoms with E-state index >= 15 is 0 Å². The largest absolute Gasteiger partial charge is 0.270 e. The Kier molecular flexibility index (Phi) is 6.12. The molecule has 0 aliphatic carbocycles. The number of hydrogen-bond acceptors (Lipinski definition) is 3. The van der Waals surface area contributed by atoms with Crippen molar-refractivity contribution in [1.29, 1.82) is 0 Å². The van der Waals surface area contributed by atoms with Gasteiger partial charge in [0.1, 0.15) is 5.82 Å². The number of carbonyl (C=O) groups excluding carboxylic acids is 1. The molecule has 26 heavy (non-hydrogen) atoms. The molecule has 1 amide bonds. The number of benzene rings is 2. The van der Waals surface area contributed by atoms with Crippen molar-refractivity contribution >= 4 is 57.6 Å². The van der Waals surface area contributed by atoms with Gasteiger partial charge in [-0.2, -0.15) is 0 Å². The Bertz CT molecular complexity index is 860. The first-order valence-electron chi connectivity index (χ1n) is 8.32. The van der Waals surface area contributed by atoms with Gasteiger partial charge in [0.15, 0.2) is 4.32 Å². The highest BCUT2D eigenvalue weighted by Gasteiger charge is 2.33. The molecule has 0 N–H and O–H groups in total. The molecule has 1 heterocycles. The van der Waals surface area contributed by atoms with Crippen molar-refractivity contribution in [3.8, 4) is 0 Å². The number of unbranched alkanes of at least 4 members (excludes halogenated alkanes) is 1. The zero-order chi connectivity index (χ0) is 18.7. The van der Waals surface area contributed by atoms with E-state index < -0.39 is 5.82 Å². The molecule has 3 rings (SSSR count). The summed E-state index contributed by atoms with van der Waals surface area (Å²) >= 11 is 12.6. The Morgan fingerprint density at radius 3 is 2.62 bits per heavy atom. The van der Waals surface area contributed by atoms with Crippen LogP contribution in [0.25, 0.3) is 6.08 Å². The highest BCUT2D eigenvalue weighted by Crippen LogP contribution is 2.37. The molecule has 0 saturated carbocycles. The predicted octanol–water partition coefficient (Wildman–Crippen LogP) is 6.23. The number of halogens is 2. The van der Waals surface area contributed by atoms with Gasteiger partial charge < -0.3 is 0 Å². The zero-order valence-electron chi connectivity index (χ0n) is 14.2. The van der Waals surface area contributed by atoms with Crippen LogP contribution in [0, 0.1) is 5.82 Å². The number of rotatable bonds is 5. The minimum absolute atomic E-state index is 0.199. The van der Waals surface area contributed by atoms with E-state index in [1.54, 1.807) is 6.07 Å². The van der Waals surface area contributed by atoms with Crippen LogP contribution in [0.5, 0.6) is 0 Å². The van der Waals surface area contributed by atoms with Gasteiger partial charge in [-0.1, -0.05) is 67.1 Å². The number of hydrogen-bond donors (Lipinski definition) is 0. The van der Waals surface area contributed by atoms with E-state index in [1.807, 2.05) is 24.3 Å². The third kappa shape index (κ3) is 4.00. The highest BCUT2D eigenvalue weighted by atomic mass is 35.5. The molecule has 1 saturated heterocycles. The van der Waals surface area contributed by atoms with Crippen LogP contribution in [0.3, 0.4) is 0 Å². The average Bonchev–Trinajstić information content (AvgIpc) is 2.90. The van der Waals surface area contributed by atoms with E-state index in [1.165, 1.54) is 28.7 Å². The van der Waals surface area contributed by atoms with Gasteiger partial charge in [-0.05, 0) is 48.7 Å². The third-order valence-corrected chi connectivity index (χ3v) is 5.71. The fourth-order valence-electron chi connectivity index (χ4n) is 2.66. The summed E-state index contributed by atoms with van der Waals surface area (Å²) in [7, 11) is 0. The van der Waals surface area contributed by atoms with Crippen molar-refractivity contribution in [3.63, 3.8) is 0 Å². The summed E-state index contributed by atoms with van der Waals surface area (Å²) in [5.74, 6) is -0.733. The molecule has 0 atom stereocenters. The van der Waals surface area contributed by atoms with Crippen molar-refractivity contribution in [2.24, 2.45) is 0 Å².